The van der Waals surface area contributed by atoms with Crippen LogP contribution in [0.5, 0.6) is 0 Å². The lowest BCUT2D eigenvalue weighted by Gasteiger charge is -2.20. The number of nitrogens with two attached hydrogens (primary N) is 1. The lowest BCUT2D eigenvalue weighted by atomic mass is 10.1. The predicted molar refractivity (Wildman–Crippen MR) is 89.4 cm³/mol. The van der Waals surface area contributed by atoms with Gasteiger partial charge >= 0.3 is 0 Å². The number of nitrogens with zero attached hydrogens (tertiary/aromatic N) is 3. The lowest BCUT2D eigenvalue weighted by molar-refractivity contribution is -0.119. The third kappa shape index (κ3) is 3.25. The number of aromatic nitrogens is 1. The van der Waals surface area contributed by atoms with E-state index >= 15 is 0 Å². The number of anilines is 2. The van der Waals surface area contributed by atoms with Crippen LogP contribution in [0.1, 0.15) is 12.1 Å². The standard InChI is InChI=1S/C15H14FN5O2S/c1-8-7-24-15(18-8)19-14(23)11-6-12(13(17)22)21(20-11)10-4-2-9(16)3-5-10/h2-5,7,12H,6H2,1H3,(H2,17,22)(H,18,19,23)/t12-/m0/s1. The Morgan fingerprint density at radius 1 is 1.38 bits per heavy atom. The van der Waals surface area contributed by atoms with Crippen molar-refractivity contribution >= 4 is 39.7 Å². The quantitative estimate of drug-likeness (QED) is 0.878. The van der Waals surface area contributed by atoms with E-state index in [0.29, 0.717) is 10.8 Å². The Hall–Kier alpha value is -2.81. The van der Waals surface area contributed by atoms with E-state index in [9.17, 15) is 14.0 Å². The molecule has 1 atom stereocenters. The van der Waals surface area contributed by atoms with Crippen molar-refractivity contribution in [3.63, 3.8) is 0 Å². The number of benzene rings is 1. The molecular weight excluding hydrogens is 333 g/mol. The third-order valence-corrected chi connectivity index (χ3v) is 4.31. The zero-order valence-electron chi connectivity index (χ0n) is 12.7. The summed E-state index contributed by atoms with van der Waals surface area (Å²) < 4.78 is 13.1. The number of nitrogens with one attached hydrogen (secondary N) is 1. The van der Waals surface area contributed by atoms with Crippen LogP contribution in [0.2, 0.25) is 0 Å². The molecule has 0 saturated carbocycles. The summed E-state index contributed by atoms with van der Waals surface area (Å²) in [4.78, 5) is 28.1. The monoisotopic (exact) mass is 347 g/mol. The summed E-state index contributed by atoms with van der Waals surface area (Å²) in [6, 6.07) is 4.65. The van der Waals surface area contributed by atoms with Crippen LogP contribution in [0.4, 0.5) is 15.2 Å². The van der Waals surface area contributed by atoms with Crippen LogP contribution in [0.25, 0.3) is 0 Å². The first-order valence-corrected chi connectivity index (χ1v) is 7.97. The molecule has 7 nitrogen and oxygen atoms in total. The molecule has 1 aromatic heterocycles. The zero-order chi connectivity index (χ0) is 17.3. The molecule has 1 aromatic carbocycles. The molecule has 2 amide bonds. The fourth-order valence-corrected chi connectivity index (χ4v) is 2.96. The average molecular weight is 347 g/mol. The van der Waals surface area contributed by atoms with Crippen molar-refractivity contribution in [1.82, 2.24) is 4.98 Å². The fourth-order valence-electron chi connectivity index (χ4n) is 2.28. The van der Waals surface area contributed by atoms with E-state index in [0.717, 1.165) is 5.69 Å². The Bertz CT molecular complexity index is 818. The number of hydrogen-bond donors (Lipinski definition) is 2. The van der Waals surface area contributed by atoms with E-state index in [-0.39, 0.29) is 12.1 Å². The van der Waals surface area contributed by atoms with Crippen LogP contribution in [0, 0.1) is 12.7 Å². The highest BCUT2D eigenvalue weighted by molar-refractivity contribution is 7.14. The van der Waals surface area contributed by atoms with Crippen molar-refractivity contribution in [3.8, 4) is 0 Å². The second-order valence-electron chi connectivity index (χ2n) is 5.24. The van der Waals surface area contributed by atoms with Gasteiger partial charge in [-0.05, 0) is 31.2 Å². The first-order valence-electron chi connectivity index (χ1n) is 7.09. The van der Waals surface area contributed by atoms with Gasteiger partial charge in [-0.2, -0.15) is 5.10 Å². The van der Waals surface area contributed by atoms with Gasteiger partial charge in [0.1, 0.15) is 17.6 Å². The van der Waals surface area contributed by atoms with Crippen LogP contribution in [0.3, 0.4) is 0 Å². The van der Waals surface area contributed by atoms with E-state index in [1.807, 2.05) is 12.3 Å². The summed E-state index contributed by atoms with van der Waals surface area (Å²) in [5.41, 5.74) is 6.84. The van der Waals surface area contributed by atoms with E-state index in [1.165, 1.54) is 40.6 Å². The van der Waals surface area contributed by atoms with Crippen molar-refractivity contribution in [2.75, 3.05) is 10.3 Å². The molecule has 0 bridgehead atoms. The van der Waals surface area contributed by atoms with E-state index in [4.69, 9.17) is 5.73 Å². The molecule has 124 valence electrons. The number of hydrazone groups is 1. The summed E-state index contributed by atoms with van der Waals surface area (Å²) in [6.07, 6.45) is 0.0723. The molecular formula is C15H14FN5O2S. The van der Waals surface area contributed by atoms with Gasteiger partial charge < -0.3 is 5.73 Å². The molecule has 2 heterocycles. The summed E-state index contributed by atoms with van der Waals surface area (Å²) >= 11 is 1.30. The smallest absolute Gasteiger partial charge is 0.273 e. The van der Waals surface area contributed by atoms with Gasteiger partial charge in [0.05, 0.1) is 11.4 Å². The maximum absolute atomic E-state index is 13.1. The molecule has 3 rings (SSSR count). The van der Waals surface area contributed by atoms with E-state index in [1.54, 1.807) is 0 Å². The van der Waals surface area contributed by atoms with Gasteiger partial charge in [0.2, 0.25) is 5.91 Å². The molecule has 0 radical (unpaired) electrons. The van der Waals surface area contributed by atoms with Crippen molar-refractivity contribution < 1.29 is 14.0 Å². The van der Waals surface area contributed by atoms with Crippen LogP contribution in [-0.2, 0) is 9.59 Å². The van der Waals surface area contributed by atoms with Gasteiger partial charge in [0.25, 0.3) is 5.91 Å². The highest BCUT2D eigenvalue weighted by Crippen LogP contribution is 2.25. The number of primary amides is 1. The topological polar surface area (TPSA) is 101 Å². The number of amides is 2. The van der Waals surface area contributed by atoms with Crippen LogP contribution in [0.15, 0.2) is 34.7 Å². The Morgan fingerprint density at radius 2 is 2.08 bits per heavy atom. The number of thiazole rings is 1. The zero-order valence-corrected chi connectivity index (χ0v) is 13.5. The number of rotatable bonds is 4. The third-order valence-electron chi connectivity index (χ3n) is 3.43. The number of halogens is 1. The first kappa shape index (κ1) is 16.1. The van der Waals surface area contributed by atoms with E-state index in [2.05, 4.69) is 15.4 Å². The van der Waals surface area contributed by atoms with Crippen molar-refractivity contribution in [3.05, 3.63) is 41.2 Å². The van der Waals surface area contributed by atoms with Gasteiger partial charge in [-0.1, -0.05) is 0 Å². The number of aryl methyl sites for hydroxylation is 1. The summed E-state index contributed by atoms with van der Waals surface area (Å²) in [5.74, 6) is -1.47. The number of carbonyl (C=O) groups excluding carboxylic acids is 2. The van der Waals surface area contributed by atoms with Crippen molar-refractivity contribution in [1.29, 1.82) is 0 Å². The first-order chi connectivity index (χ1) is 11.4. The number of carbonyl (C=O) groups is 2. The maximum Gasteiger partial charge on any atom is 0.273 e. The predicted octanol–water partition coefficient (Wildman–Crippen LogP) is 1.65. The average Bonchev–Trinajstić information content (AvgIpc) is 3.15. The van der Waals surface area contributed by atoms with Crippen molar-refractivity contribution in [2.24, 2.45) is 10.8 Å². The molecule has 0 unspecified atom stereocenters. The normalized spacial score (nSPS) is 16.8. The van der Waals surface area contributed by atoms with Gasteiger partial charge in [-0.15, -0.1) is 11.3 Å². The van der Waals surface area contributed by atoms with Gasteiger partial charge in [-0.3, -0.25) is 19.9 Å². The summed E-state index contributed by atoms with van der Waals surface area (Å²) in [6.45, 7) is 1.82. The molecule has 1 aliphatic heterocycles. The minimum Gasteiger partial charge on any atom is -0.368 e. The molecule has 0 spiro atoms. The largest absolute Gasteiger partial charge is 0.368 e. The van der Waals surface area contributed by atoms with Crippen LogP contribution >= 0.6 is 11.3 Å². The lowest BCUT2D eigenvalue weighted by Crippen LogP contribution is -2.39. The second-order valence-corrected chi connectivity index (χ2v) is 6.10. The SMILES string of the molecule is Cc1csc(NC(=O)C2=NN(c3ccc(F)cc3)[C@H](C(N)=O)C2)n1. The molecule has 1 aliphatic rings. The van der Waals surface area contributed by atoms with E-state index < -0.39 is 23.7 Å². The minimum absolute atomic E-state index is 0.0723. The Labute approximate surface area is 141 Å². The van der Waals surface area contributed by atoms with Crippen LogP contribution < -0.4 is 16.1 Å². The number of hydrogen-bond acceptors (Lipinski definition) is 6. The minimum atomic E-state index is -0.797. The highest BCUT2D eigenvalue weighted by Gasteiger charge is 2.35. The Kier molecular flexibility index (Phi) is 4.26. The molecule has 0 fully saturated rings. The summed E-state index contributed by atoms with van der Waals surface area (Å²) in [5, 5.41) is 10.4. The van der Waals surface area contributed by atoms with Gasteiger partial charge in [-0.25, -0.2) is 9.37 Å². The van der Waals surface area contributed by atoms with Gasteiger partial charge in [0.15, 0.2) is 5.13 Å². The van der Waals surface area contributed by atoms with Gasteiger partial charge in [0, 0.05) is 11.8 Å². The summed E-state index contributed by atoms with van der Waals surface area (Å²) in [7, 11) is 0. The molecule has 9 heteroatoms. The van der Waals surface area contributed by atoms with Crippen molar-refractivity contribution in [2.45, 2.75) is 19.4 Å². The fraction of sp³-hybridized carbons (Fsp3) is 0.200. The molecule has 2 aromatic rings. The Balaban J connectivity index is 1.83. The molecule has 0 saturated heterocycles. The molecule has 3 N–H and O–H groups in total. The van der Waals surface area contributed by atoms with Crippen LogP contribution in [-0.4, -0.2) is 28.6 Å². The molecule has 0 aliphatic carbocycles. The maximum atomic E-state index is 13.1. The highest BCUT2D eigenvalue weighted by atomic mass is 32.1. The Morgan fingerprint density at radius 3 is 2.67 bits per heavy atom. The second kappa shape index (κ2) is 6.36. The molecule has 24 heavy (non-hydrogen) atoms.